The minimum absolute atomic E-state index is 0.223. The van der Waals surface area contributed by atoms with Gasteiger partial charge in [0.1, 0.15) is 5.82 Å². The molecule has 168 valence electrons. The number of fused-ring (bicyclic) bond motifs is 2. The number of carbonyl (C=O) groups is 2. The lowest BCUT2D eigenvalue weighted by Gasteiger charge is -2.13. The third-order valence-electron chi connectivity index (χ3n) is 6.12. The SMILES string of the molecule is C=C=C(OC)c1ccc2c(c1)c(CCCN1C(=O)c3ccccc3C1=O)cn2-c1ccccn1. The summed E-state index contributed by atoms with van der Waals surface area (Å²) < 4.78 is 7.47. The lowest BCUT2D eigenvalue weighted by atomic mass is 10.0. The normalized spacial score (nSPS) is 12.7. The second kappa shape index (κ2) is 8.85. The minimum atomic E-state index is -0.223. The minimum Gasteiger partial charge on any atom is -0.489 e. The molecule has 2 aromatic carbocycles. The van der Waals surface area contributed by atoms with E-state index >= 15 is 0 Å². The molecule has 0 aliphatic carbocycles. The Bertz CT molecular complexity index is 1430. The predicted octanol–water partition coefficient (Wildman–Crippen LogP) is 5.03. The number of nitrogens with zero attached hydrogens (tertiary/aromatic N) is 3. The molecule has 0 radical (unpaired) electrons. The van der Waals surface area contributed by atoms with Gasteiger partial charge in [0.15, 0.2) is 5.76 Å². The molecule has 3 heterocycles. The average Bonchev–Trinajstić information content (AvgIpc) is 3.36. The number of carbonyl (C=O) groups excluding carboxylic acids is 2. The first kappa shape index (κ1) is 21.4. The number of methoxy groups -OCH3 is 1. The molecule has 2 aromatic heterocycles. The summed E-state index contributed by atoms with van der Waals surface area (Å²) in [6.45, 7) is 4.08. The zero-order valence-corrected chi connectivity index (χ0v) is 18.8. The van der Waals surface area contributed by atoms with Crippen LogP contribution in [0.3, 0.4) is 0 Å². The van der Waals surface area contributed by atoms with E-state index in [-0.39, 0.29) is 11.8 Å². The summed E-state index contributed by atoms with van der Waals surface area (Å²) in [5.74, 6) is 0.946. The molecule has 0 saturated carbocycles. The molecule has 0 saturated heterocycles. The lowest BCUT2D eigenvalue weighted by molar-refractivity contribution is 0.0652. The average molecular weight is 450 g/mol. The van der Waals surface area contributed by atoms with Crippen molar-refractivity contribution in [3.05, 3.63) is 108 Å². The van der Waals surface area contributed by atoms with E-state index in [2.05, 4.69) is 34.1 Å². The van der Waals surface area contributed by atoms with E-state index in [4.69, 9.17) is 4.74 Å². The van der Waals surface area contributed by atoms with E-state index in [9.17, 15) is 9.59 Å². The summed E-state index contributed by atoms with van der Waals surface area (Å²) >= 11 is 0. The third-order valence-corrected chi connectivity index (χ3v) is 6.12. The van der Waals surface area contributed by atoms with Gasteiger partial charge in [-0.25, -0.2) is 4.98 Å². The van der Waals surface area contributed by atoms with Crippen LogP contribution in [0.15, 0.2) is 85.4 Å². The molecule has 6 nitrogen and oxygen atoms in total. The number of benzene rings is 2. The molecule has 0 spiro atoms. The zero-order chi connectivity index (χ0) is 23.7. The van der Waals surface area contributed by atoms with Crippen LogP contribution in [-0.2, 0) is 11.2 Å². The van der Waals surface area contributed by atoms with Crippen LogP contribution >= 0.6 is 0 Å². The van der Waals surface area contributed by atoms with Gasteiger partial charge in [0, 0.05) is 29.9 Å². The van der Waals surface area contributed by atoms with Crippen molar-refractivity contribution in [3.8, 4) is 5.82 Å². The molecule has 0 fully saturated rings. The van der Waals surface area contributed by atoms with E-state index in [1.165, 1.54) is 4.90 Å². The molecule has 4 aromatic rings. The highest BCUT2D eigenvalue weighted by atomic mass is 16.5. The second-order valence-corrected chi connectivity index (χ2v) is 8.07. The monoisotopic (exact) mass is 449 g/mol. The van der Waals surface area contributed by atoms with Gasteiger partial charge < -0.3 is 9.30 Å². The van der Waals surface area contributed by atoms with Crippen LogP contribution in [0.4, 0.5) is 0 Å². The van der Waals surface area contributed by atoms with Crippen molar-refractivity contribution in [2.75, 3.05) is 13.7 Å². The number of hydrogen-bond donors (Lipinski definition) is 0. The summed E-state index contributed by atoms with van der Waals surface area (Å²) in [7, 11) is 1.60. The summed E-state index contributed by atoms with van der Waals surface area (Å²) in [5, 5.41) is 1.05. The standard InChI is InChI=1S/C28H23N3O3/c1-3-25(34-2)19-13-14-24-23(17-19)20(18-31(24)26-12-6-7-15-29-26)9-8-16-30-27(32)21-10-4-5-11-22(21)28(30)33/h4-7,10-15,17-18H,1,8-9,16H2,2H3. The molecule has 34 heavy (non-hydrogen) atoms. The number of aromatic nitrogens is 2. The van der Waals surface area contributed by atoms with Crippen LogP contribution in [0.25, 0.3) is 22.5 Å². The van der Waals surface area contributed by atoms with Gasteiger partial charge in [-0.15, -0.1) is 0 Å². The Morgan fingerprint density at radius 1 is 1.03 bits per heavy atom. The highest BCUT2D eigenvalue weighted by molar-refractivity contribution is 6.21. The van der Waals surface area contributed by atoms with Gasteiger partial charge in [0.2, 0.25) is 0 Å². The molecule has 6 heteroatoms. The van der Waals surface area contributed by atoms with Crippen molar-refractivity contribution in [2.45, 2.75) is 12.8 Å². The van der Waals surface area contributed by atoms with Gasteiger partial charge in [-0.2, -0.15) is 0 Å². The first-order chi connectivity index (χ1) is 16.6. The Morgan fingerprint density at radius 3 is 2.41 bits per heavy atom. The molecular weight excluding hydrogens is 426 g/mol. The first-order valence-electron chi connectivity index (χ1n) is 11.1. The van der Waals surface area contributed by atoms with Crippen molar-refractivity contribution < 1.29 is 14.3 Å². The topological polar surface area (TPSA) is 64.4 Å². The molecule has 0 N–H and O–H groups in total. The maximum Gasteiger partial charge on any atom is 0.261 e. The molecule has 2 amide bonds. The lowest BCUT2D eigenvalue weighted by Crippen LogP contribution is -2.30. The molecule has 1 aliphatic heterocycles. The van der Waals surface area contributed by atoms with Gasteiger partial charge in [-0.1, -0.05) is 30.5 Å². The largest absolute Gasteiger partial charge is 0.489 e. The fraction of sp³-hybridized carbons (Fsp3) is 0.143. The van der Waals surface area contributed by atoms with Crippen molar-refractivity contribution in [1.82, 2.24) is 14.5 Å². The maximum absolute atomic E-state index is 12.7. The summed E-state index contributed by atoms with van der Waals surface area (Å²) in [4.78, 5) is 31.2. The molecular formula is C28H23N3O3. The molecule has 1 aliphatic rings. The van der Waals surface area contributed by atoms with Crippen LogP contribution in [0.2, 0.25) is 0 Å². The highest BCUT2D eigenvalue weighted by Gasteiger charge is 2.34. The molecule has 0 bridgehead atoms. The van der Waals surface area contributed by atoms with E-state index in [0.29, 0.717) is 36.3 Å². The Kier molecular flexibility index (Phi) is 5.58. The number of amides is 2. The highest BCUT2D eigenvalue weighted by Crippen LogP contribution is 2.29. The third kappa shape index (κ3) is 3.60. The number of imide groups is 1. The van der Waals surface area contributed by atoms with E-state index in [1.807, 2.05) is 30.3 Å². The fourth-order valence-corrected chi connectivity index (χ4v) is 4.49. The summed E-state index contributed by atoms with van der Waals surface area (Å²) in [6.07, 6.45) is 5.17. The number of hydrogen-bond acceptors (Lipinski definition) is 4. The number of ether oxygens (including phenoxy) is 1. The van der Waals surface area contributed by atoms with Crippen LogP contribution in [0.5, 0.6) is 0 Å². The van der Waals surface area contributed by atoms with E-state index in [1.54, 1.807) is 37.6 Å². The molecule has 5 rings (SSSR count). The quantitative estimate of drug-likeness (QED) is 0.226. The van der Waals surface area contributed by atoms with E-state index in [0.717, 1.165) is 27.8 Å². The predicted molar refractivity (Wildman–Crippen MR) is 131 cm³/mol. The van der Waals surface area contributed by atoms with E-state index < -0.39 is 0 Å². The van der Waals surface area contributed by atoms with Crippen LogP contribution in [0.1, 0.15) is 38.3 Å². The van der Waals surface area contributed by atoms with Gasteiger partial charge in [0.25, 0.3) is 11.8 Å². The Balaban J connectivity index is 1.45. The molecule has 0 atom stereocenters. The van der Waals surface area contributed by atoms with Gasteiger partial charge in [0.05, 0.1) is 23.8 Å². The number of pyridine rings is 1. The maximum atomic E-state index is 12.7. The Morgan fingerprint density at radius 2 is 1.76 bits per heavy atom. The fourth-order valence-electron chi connectivity index (χ4n) is 4.49. The Hall–Kier alpha value is -4.41. The van der Waals surface area contributed by atoms with Crippen LogP contribution in [-0.4, -0.2) is 39.9 Å². The van der Waals surface area contributed by atoms with Crippen molar-refractivity contribution >= 4 is 28.5 Å². The molecule has 0 unspecified atom stereocenters. The van der Waals surface area contributed by atoms with Gasteiger partial charge in [-0.05, 0) is 60.9 Å². The summed E-state index contributed by atoms with van der Waals surface area (Å²) in [6, 6.07) is 18.8. The smallest absolute Gasteiger partial charge is 0.261 e. The van der Waals surface area contributed by atoms with Gasteiger partial charge >= 0.3 is 0 Å². The first-order valence-corrected chi connectivity index (χ1v) is 11.1. The van der Waals surface area contributed by atoms with Gasteiger partial charge in [-0.3, -0.25) is 14.5 Å². The Labute approximate surface area is 197 Å². The second-order valence-electron chi connectivity index (χ2n) is 8.07. The van der Waals surface area contributed by atoms with Crippen molar-refractivity contribution in [1.29, 1.82) is 0 Å². The number of rotatable bonds is 7. The van der Waals surface area contributed by atoms with Crippen LogP contribution in [0, 0.1) is 0 Å². The zero-order valence-electron chi connectivity index (χ0n) is 18.8. The van der Waals surface area contributed by atoms with Crippen LogP contribution < -0.4 is 0 Å². The van der Waals surface area contributed by atoms with Crippen molar-refractivity contribution in [2.24, 2.45) is 0 Å². The summed E-state index contributed by atoms with van der Waals surface area (Å²) in [5.41, 5.74) is 6.78. The number of aryl methyl sites for hydroxylation is 1. The van der Waals surface area contributed by atoms with Crippen molar-refractivity contribution in [3.63, 3.8) is 0 Å².